The highest BCUT2D eigenvalue weighted by atomic mass is 19.1. The quantitative estimate of drug-likeness (QED) is 0.402. The Labute approximate surface area is 179 Å². The van der Waals surface area contributed by atoms with Crippen LogP contribution in [0.2, 0.25) is 0 Å². The zero-order chi connectivity index (χ0) is 21.4. The van der Waals surface area contributed by atoms with E-state index in [4.69, 9.17) is 0 Å². The van der Waals surface area contributed by atoms with Gasteiger partial charge < -0.3 is 4.90 Å². The first-order valence-corrected chi connectivity index (χ1v) is 9.92. The Morgan fingerprint density at radius 2 is 1.68 bits per heavy atom. The molecule has 0 aliphatic carbocycles. The molecule has 152 valence electrons. The number of anilines is 1. The maximum Gasteiger partial charge on any atom is 0.137 e. The van der Waals surface area contributed by atoms with E-state index in [1.807, 2.05) is 78.4 Å². The molecule has 0 radical (unpaired) electrons. The predicted octanol–water partition coefficient (Wildman–Crippen LogP) is 5.33. The molecule has 0 saturated carbocycles. The van der Waals surface area contributed by atoms with Crippen molar-refractivity contribution in [2.45, 2.75) is 0 Å². The molecule has 0 aliphatic rings. The Balaban J connectivity index is 1.52. The molecule has 5 nitrogen and oxygen atoms in total. The maximum atomic E-state index is 14.2. The van der Waals surface area contributed by atoms with E-state index in [2.05, 4.69) is 21.0 Å². The molecule has 0 aliphatic heterocycles. The van der Waals surface area contributed by atoms with Gasteiger partial charge in [0.1, 0.15) is 17.3 Å². The zero-order valence-electron chi connectivity index (χ0n) is 17.2. The summed E-state index contributed by atoms with van der Waals surface area (Å²) in [6.07, 6.45) is 7.39. The van der Waals surface area contributed by atoms with Crippen LogP contribution in [0.15, 0.2) is 85.5 Å². The second kappa shape index (κ2) is 7.65. The van der Waals surface area contributed by atoms with Crippen molar-refractivity contribution in [1.29, 1.82) is 0 Å². The lowest BCUT2D eigenvalue weighted by molar-refractivity contribution is 0.631. The van der Waals surface area contributed by atoms with Crippen LogP contribution in [0.3, 0.4) is 0 Å². The van der Waals surface area contributed by atoms with E-state index in [9.17, 15) is 4.39 Å². The summed E-state index contributed by atoms with van der Waals surface area (Å²) in [5, 5.41) is 0. The fraction of sp³-hybridized carbons (Fsp3) is 0.0800. The number of benzene rings is 1. The third kappa shape index (κ3) is 3.53. The van der Waals surface area contributed by atoms with Gasteiger partial charge in [0.25, 0.3) is 0 Å². The molecule has 4 heterocycles. The summed E-state index contributed by atoms with van der Waals surface area (Å²) in [6, 6.07) is 18.6. The Morgan fingerprint density at radius 1 is 0.806 bits per heavy atom. The van der Waals surface area contributed by atoms with Gasteiger partial charge in [0.05, 0.1) is 17.6 Å². The molecule has 6 heteroatoms. The fourth-order valence-corrected chi connectivity index (χ4v) is 3.60. The molecule has 0 N–H and O–H groups in total. The lowest BCUT2D eigenvalue weighted by Crippen LogP contribution is -2.09. The van der Waals surface area contributed by atoms with Crippen molar-refractivity contribution in [3.63, 3.8) is 0 Å². The first kappa shape index (κ1) is 18.9. The highest BCUT2D eigenvalue weighted by molar-refractivity contribution is 5.73. The maximum absolute atomic E-state index is 14.2. The van der Waals surface area contributed by atoms with Gasteiger partial charge in [-0.25, -0.2) is 14.4 Å². The van der Waals surface area contributed by atoms with Gasteiger partial charge in [-0.15, -0.1) is 0 Å². The van der Waals surface area contributed by atoms with E-state index in [0.29, 0.717) is 11.3 Å². The lowest BCUT2D eigenvalue weighted by Gasteiger charge is -2.11. The topological polar surface area (TPSA) is 46.3 Å². The molecule has 5 rings (SSSR count). The van der Waals surface area contributed by atoms with Crippen LogP contribution in [0.4, 0.5) is 10.2 Å². The zero-order valence-corrected chi connectivity index (χ0v) is 17.2. The van der Waals surface area contributed by atoms with Crippen LogP contribution >= 0.6 is 0 Å². The smallest absolute Gasteiger partial charge is 0.137 e. The van der Waals surface area contributed by atoms with E-state index in [1.165, 1.54) is 6.07 Å². The number of pyridine rings is 3. The highest BCUT2D eigenvalue weighted by Crippen LogP contribution is 2.28. The van der Waals surface area contributed by atoms with Gasteiger partial charge in [-0.3, -0.25) is 9.38 Å². The minimum Gasteiger partial charge on any atom is -0.363 e. The molecule has 0 bridgehead atoms. The van der Waals surface area contributed by atoms with Crippen molar-refractivity contribution in [2.24, 2.45) is 0 Å². The summed E-state index contributed by atoms with van der Waals surface area (Å²) in [4.78, 5) is 15.4. The number of aromatic nitrogens is 4. The van der Waals surface area contributed by atoms with Crippen molar-refractivity contribution >= 4 is 11.5 Å². The fourth-order valence-electron chi connectivity index (χ4n) is 3.60. The normalized spacial score (nSPS) is 11.1. The Kier molecular flexibility index (Phi) is 4.67. The monoisotopic (exact) mass is 409 g/mol. The van der Waals surface area contributed by atoms with Crippen molar-refractivity contribution in [3.05, 3.63) is 91.3 Å². The highest BCUT2D eigenvalue weighted by Gasteiger charge is 2.11. The van der Waals surface area contributed by atoms with Crippen LogP contribution in [0.5, 0.6) is 0 Å². The van der Waals surface area contributed by atoms with Crippen LogP contribution in [-0.4, -0.2) is 33.4 Å². The second-order valence-electron chi connectivity index (χ2n) is 7.50. The number of hydrogen-bond acceptors (Lipinski definition) is 4. The minimum atomic E-state index is -0.288. The van der Waals surface area contributed by atoms with Crippen LogP contribution in [0.25, 0.3) is 39.3 Å². The number of hydrogen-bond donors (Lipinski definition) is 0. The summed E-state index contributed by atoms with van der Waals surface area (Å²) < 4.78 is 16.2. The SMILES string of the molecule is CN(C)c1ccc(-c2ccn3c(-c4ccnc(-c5ccccc5F)c4)cnc3c2)cn1. The molecule has 1 aromatic carbocycles. The van der Waals surface area contributed by atoms with E-state index in [-0.39, 0.29) is 5.82 Å². The summed E-state index contributed by atoms with van der Waals surface area (Å²) in [7, 11) is 3.94. The first-order valence-electron chi connectivity index (χ1n) is 9.92. The average Bonchev–Trinajstić information content (AvgIpc) is 3.23. The summed E-state index contributed by atoms with van der Waals surface area (Å²) in [5.41, 5.74) is 5.82. The summed E-state index contributed by atoms with van der Waals surface area (Å²) >= 11 is 0. The molecule has 5 aromatic rings. The molecular formula is C25H20FN5. The Bertz CT molecular complexity index is 1370. The Hall–Kier alpha value is -4.06. The number of imidazole rings is 1. The van der Waals surface area contributed by atoms with E-state index in [0.717, 1.165) is 33.8 Å². The molecule has 0 fully saturated rings. The van der Waals surface area contributed by atoms with Gasteiger partial charge in [0, 0.05) is 49.4 Å². The summed E-state index contributed by atoms with van der Waals surface area (Å²) in [6.45, 7) is 0. The van der Waals surface area contributed by atoms with Crippen LogP contribution in [0.1, 0.15) is 0 Å². The van der Waals surface area contributed by atoms with Gasteiger partial charge in [0.15, 0.2) is 0 Å². The van der Waals surface area contributed by atoms with E-state index < -0.39 is 0 Å². The lowest BCUT2D eigenvalue weighted by atomic mass is 10.1. The summed E-state index contributed by atoms with van der Waals surface area (Å²) in [5.74, 6) is 0.625. The van der Waals surface area contributed by atoms with Crippen molar-refractivity contribution < 1.29 is 4.39 Å². The third-order valence-electron chi connectivity index (χ3n) is 5.26. The molecular weight excluding hydrogens is 389 g/mol. The predicted molar refractivity (Wildman–Crippen MR) is 121 cm³/mol. The third-order valence-corrected chi connectivity index (χ3v) is 5.26. The van der Waals surface area contributed by atoms with Crippen molar-refractivity contribution in [3.8, 4) is 33.6 Å². The number of halogens is 1. The molecule has 0 unspecified atom stereocenters. The molecule has 0 atom stereocenters. The van der Waals surface area contributed by atoms with Crippen LogP contribution in [0, 0.1) is 5.82 Å². The Morgan fingerprint density at radius 3 is 2.45 bits per heavy atom. The van der Waals surface area contributed by atoms with Gasteiger partial charge in [-0.1, -0.05) is 12.1 Å². The number of rotatable bonds is 4. The number of fused-ring (bicyclic) bond motifs is 1. The van der Waals surface area contributed by atoms with E-state index in [1.54, 1.807) is 18.3 Å². The molecule has 0 amide bonds. The molecule has 0 saturated heterocycles. The van der Waals surface area contributed by atoms with Gasteiger partial charge in [-0.05, 0) is 54.1 Å². The van der Waals surface area contributed by atoms with Gasteiger partial charge in [-0.2, -0.15) is 0 Å². The second-order valence-corrected chi connectivity index (χ2v) is 7.50. The first-order chi connectivity index (χ1) is 15.1. The average molecular weight is 409 g/mol. The van der Waals surface area contributed by atoms with Crippen molar-refractivity contribution in [1.82, 2.24) is 19.4 Å². The van der Waals surface area contributed by atoms with Crippen molar-refractivity contribution in [2.75, 3.05) is 19.0 Å². The largest absolute Gasteiger partial charge is 0.363 e. The van der Waals surface area contributed by atoms with Gasteiger partial charge in [0.2, 0.25) is 0 Å². The molecule has 31 heavy (non-hydrogen) atoms. The minimum absolute atomic E-state index is 0.288. The van der Waals surface area contributed by atoms with Crippen LogP contribution < -0.4 is 4.90 Å². The molecule has 0 spiro atoms. The standard InChI is InChI=1S/C25H20FN5/c1-30(2)24-8-7-19(15-28-24)17-10-12-31-23(16-29-25(31)14-17)18-9-11-27-22(13-18)20-5-3-4-6-21(20)26/h3-16H,1-2H3. The molecule has 4 aromatic heterocycles. The van der Waals surface area contributed by atoms with E-state index >= 15 is 0 Å². The van der Waals surface area contributed by atoms with Crippen LogP contribution in [-0.2, 0) is 0 Å². The number of nitrogens with zero attached hydrogens (tertiary/aromatic N) is 5. The van der Waals surface area contributed by atoms with Gasteiger partial charge >= 0.3 is 0 Å².